The highest BCUT2D eigenvalue weighted by atomic mass is 79.9. The van der Waals surface area contributed by atoms with Crippen LogP contribution in [-0.4, -0.2) is 30.6 Å². The van der Waals surface area contributed by atoms with Crippen molar-refractivity contribution in [3.05, 3.63) is 33.8 Å². The standard InChI is InChI=1S/C17H25BrN2/c1-13-2-3-15(17(18)10-13)12-20(16-4-5-16)11-14-6-8-19-9-7-14/h2-3,10,14,16,19H,4-9,11-12H2,1H3. The van der Waals surface area contributed by atoms with Gasteiger partial charge in [-0.25, -0.2) is 0 Å². The Labute approximate surface area is 131 Å². The second kappa shape index (κ2) is 6.59. The quantitative estimate of drug-likeness (QED) is 0.881. The van der Waals surface area contributed by atoms with E-state index in [0.717, 1.165) is 18.5 Å². The van der Waals surface area contributed by atoms with Gasteiger partial charge in [0.25, 0.3) is 0 Å². The maximum Gasteiger partial charge on any atom is 0.0247 e. The minimum absolute atomic E-state index is 0.845. The maximum absolute atomic E-state index is 3.73. The topological polar surface area (TPSA) is 15.3 Å². The summed E-state index contributed by atoms with van der Waals surface area (Å²) in [7, 11) is 0. The summed E-state index contributed by atoms with van der Waals surface area (Å²) in [6.07, 6.45) is 5.49. The van der Waals surface area contributed by atoms with Crippen molar-refractivity contribution in [2.45, 2.75) is 45.2 Å². The summed E-state index contributed by atoms with van der Waals surface area (Å²) in [5.41, 5.74) is 2.77. The van der Waals surface area contributed by atoms with E-state index < -0.39 is 0 Å². The largest absolute Gasteiger partial charge is 0.317 e. The summed E-state index contributed by atoms with van der Waals surface area (Å²) in [5.74, 6) is 0.890. The summed E-state index contributed by atoms with van der Waals surface area (Å²) in [4.78, 5) is 2.73. The molecule has 0 unspecified atom stereocenters. The fourth-order valence-electron chi connectivity index (χ4n) is 3.18. The minimum atomic E-state index is 0.845. The Morgan fingerprint density at radius 1 is 1.20 bits per heavy atom. The zero-order chi connectivity index (χ0) is 13.9. The number of benzene rings is 1. The molecule has 1 aromatic rings. The number of rotatable bonds is 5. The van der Waals surface area contributed by atoms with Crippen LogP contribution in [0.5, 0.6) is 0 Å². The highest BCUT2D eigenvalue weighted by Gasteiger charge is 2.31. The lowest BCUT2D eigenvalue weighted by Crippen LogP contribution is -2.37. The molecule has 0 spiro atoms. The molecule has 20 heavy (non-hydrogen) atoms. The van der Waals surface area contributed by atoms with E-state index in [0.29, 0.717) is 0 Å². The molecule has 0 bridgehead atoms. The highest BCUT2D eigenvalue weighted by Crippen LogP contribution is 2.31. The van der Waals surface area contributed by atoms with Gasteiger partial charge in [-0.3, -0.25) is 4.90 Å². The Kier molecular flexibility index (Phi) is 4.79. The van der Waals surface area contributed by atoms with Gasteiger partial charge in [0.15, 0.2) is 0 Å². The number of hydrogen-bond donors (Lipinski definition) is 1. The van der Waals surface area contributed by atoms with Crippen molar-refractivity contribution < 1.29 is 0 Å². The molecular formula is C17H25BrN2. The van der Waals surface area contributed by atoms with Gasteiger partial charge >= 0.3 is 0 Å². The first kappa shape index (κ1) is 14.6. The van der Waals surface area contributed by atoms with E-state index in [2.05, 4.69) is 51.3 Å². The first-order chi connectivity index (χ1) is 9.72. The predicted octanol–water partition coefficient (Wildman–Crippen LogP) is 3.72. The van der Waals surface area contributed by atoms with Crippen LogP contribution < -0.4 is 5.32 Å². The summed E-state index contributed by atoms with van der Waals surface area (Å²) < 4.78 is 1.27. The van der Waals surface area contributed by atoms with Crippen LogP contribution in [0, 0.1) is 12.8 Å². The lowest BCUT2D eigenvalue weighted by atomic mass is 9.97. The summed E-state index contributed by atoms with van der Waals surface area (Å²) in [6.45, 7) is 6.96. The smallest absolute Gasteiger partial charge is 0.0247 e. The number of hydrogen-bond acceptors (Lipinski definition) is 2. The molecule has 1 saturated heterocycles. The van der Waals surface area contributed by atoms with E-state index >= 15 is 0 Å². The van der Waals surface area contributed by atoms with Crippen molar-refractivity contribution in [2.75, 3.05) is 19.6 Å². The zero-order valence-electron chi connectivity index (χ0n) is 12.4. The van der Waals surface area contributed by atoms with E-state index in [9.17, 15) is 0 Å². The first-order valence-electron chi connectivity index (χ1n) is 7.92. The lowest BCUT2D eigenvalue weighted by Gasteiger charge is -2.30. The number of piperidine rings is 1. The Bertz CT molecular complexity index is 450. The van der Waals surface area contributed by atoms with Gasteiger partial charge in [0.05, 0.1) is 0 Å². The number of aryl methyl sites for hydroxylation is 1. The van der Waals surface area contributed by atoms with E-state index in [4.69, 9.17) is 0 Å². The zero-order valence-corrected chi connectivity index (χ0v) is 14.0. The third kappa shape index (κ3) is 3.84. The lowest BCUT2D eigenvalue weighted by molar-refractivity contribution is 0.190. The second-order valence-corrected chi connectivity index (χ2v) is 7.30. The fraction of sp³-hybridized carbons (Fsp3) is 0.647. The molecular weight excluding hydrogens is 312 g/mol. The van der Waals surface area contributed by atoms with Gasteiger partial charge in [0, 0.05) is 23.6 Å². The molecule has 1 saturated carbocycles. The molecule has 3 heteroatoms. The van der Waals surface area contributed by atoms with Crippen LogP contribution in [0.1, 0.15) is 36.8 Å². The highest BCUT2D eigenvalue weighted by molar-refractivity contribution is 9.10. The van der Waals surface area contributed by atoms with Crippen LogP contribution in [0.25, 0.3) is 0 Å². The Morgan fingerprint density at radius 3 is 2.60 bits per heavy atom. The molecule has 0 amide bonds. The first-order valence-corrected chi connectivity index (χ1v) is 8.71. The summed E-state index contributed by atoms with van der Waals surface area (Å²) in [5, 5.41) is 3.47. The van der Waals surface area contributed by atoms with Crippen molar-refractivity contribution >= 4 is 15.9 Å². The average molecular weight is 337 g/mol. The molecule has 0 atom stereocenters. The van der Waals surface area contributed by atoms with Crippen molar-refractivity contribution in [1.29, 1.82) is 0 Å². The Balaban J connectivity index is 1.64. The van der Waals surface area contributed by atoms with Crippen LogP contribution >= 0.6 is 15.9 Å². The number of nitrogens with zero attached hydrogens (tertiary/aromatic N) is 1. The van der Waals surface area contributed by atoms with E-state index in [1.54, 1.807) is 0 Å². The molecule has 1 heterocycles. The SMILES string of the molecule is Cc1ccc(CN(CC2CCNCC2)C2CC2)c(Br)c1. The molecule has 1 aliphatic heterocycles. The maximum atomic E-state index is 3.73. The second-order valence-electron chi connectivity index (χ2n) is 6.45. The Morgan fingerprint density at radius 2 is 1.95 bits per heavy atom. The van der Waals surface area contributed by atoms with Gasteiger partial charge < -0.3 is 5.32 Å². The summed E-state index contributed by atoms with van der Waals surface area (Å²) in [6, 6.07) is 7.61. The van der Waals surface area contributed by atoms with Crippen molar-refractivity contribution in [2.24, 2.45) is 5.92 Å². The van der Waals surface area contributed by atoms with E-state index in [1.165, 1.54) is 60.9 Å². The molecule has 1 aromatic carbocycles. The molecule has 2 nitrogen and oxygen atoms in total. The van der Waals surface area contributed by atoms with Crippen LogP contribution in [0.4, 0.5) is 0 Å². The van der Waals surface area contributed by atoms with Crippen molar-refractivity contribution in [3.63, 3.8) is 0 Å². The van der Waals surface area contributed by atoms with Crippen LogP contribution in [0.15, 0.2) is 22.7 Å². The third-order valence-electron chi connectivity index (χ3n) is 4.60. The third-order valence-corrected chi connectivity index (χ3v) is 5.33. The van der Waals surface area contributed by atoms with Crippen LogP contribution in [-0.2, 0) is 6.54 Å². The Hall–Kier alpha value is -0.380. The number of halogens is 1. The molecule has 0 radical (unpaired) electrons. The fourth-order valence-corrected chi connectivity index (χ4v) is 3.80. The normalized spacial score (nSPS) is 20.6. The molecule has 1 aliphatic carbocycles. The molecule has 3 rings (SSSR count). The van der Waals surface area contributed by atoms with Gasteiger partial charge in [0.2, 0.25) is 0 Å². The van der Waals surface area contributed by atoms with Crippen LogP contribution in [0.3, 0.4) is 0 Å². The summed E-state index contributed by atoms with van der Waals surface area (Å²) >= 11 is 3.73. The molecule has 2 aliphatic rings. The molecule has 2 fully saturated rings. The van der Waals surface area contributed by atoms with Crippen molar-refractivity contribution in [3.8, 4) is 0 Å². The minimum Gasteiger partial charge on any atom is -0.317 e. The van der Waals surface area contributed by atoms with Gasteiger partial charge in [-0.2, -0.15) is 0 Å². The van der Waals surface area contributed by atoms with Gasteiger partial charge in [-0.1, -0.05) is 28.1 Å². The predicted molar refractivity (Wildman–Crippen MR) is 87.9 cm³/mol. The van der Waals surface area contributed by atoms with Gasteiger partial charge in [-0.05, 0) is 68.8 Å². The van der Waals surface area contributed by atoms with Gasteiger partial charge in [0.1, 0.15) is 0 Å². The van der Waals surface area contributed by atoms with E-state index in [1.807, 2.05) is 0 Å². The van der Waals surface area contributed by atoms with Gasteiger partial charge in [-0.15, -0.1) is 0 Å². The number of nitrogens with one attached hydrogen (secondary N) is 1. The average Bonchev–Trinajstić information content (AvgIpc) is 3.26. The monoisotopic (exact) mass is 336 g/mol. The molecule has 1 N–H and O–H groups in total. The van der Waals surface area contributed by atoms with E-state index in [-0.39, 0.29) is 0 Å². The van der Waals surface area contributed by atoms with Crippen molar-refractivity contribution in [1.82, 2.24) is 10.2 Å². The molecule has 110 valence electrons. The van der Waals surface area contributed by atoms with Crippen LogP contribution in [0.2, 0.25) is 0 Å². The molecule has 0 aromatic heterocycles.